The van der Waals surface area contributed by atoms with E-state index in [-0.39, 0.29) is 11.4 Å². The van der Waals surface area contributed by atoms with Crippen molar-refractivity contribution in [2.75, 3.05) is 19.8 Å². The van der Waals surface area contributed by atoms with Crippen molar-refractivity contribution in [3.63, 3.8) is 0 Å². The summed E-state index contributed by atoms with van der Waals surface area (Å²) >= 11 is 0. The van der Waals surface area contributed by atoms with Crippen LogP contribution in [0, 0.1) is 0 Å². The second-order valence-electron chi connectivity index (χ2n) is 3.63. The maximum absolute atomic E-state index is 8.30. The number of ether oxygens (including phenoxy) is 1. The minimum absolute atomic E-state index is 0.0652. The lowest BCUT2D eigenvalue weighted by Gasteiger charge is -2.23. The van der Waals surface area contributed by atoms with Gasteiger partial charge < -0.3 is 21.0 Å². The molecule has 0 aromatic heterocycles. The minimum Gasteiger partial charge on any atom is -0.409 e. The molecule has 4 N–H and O–H groups in total. The molecule has 1 aliphatic heterocycles. The fourth-order valence-electron chi connectivity index (χ4n) is 1.35. The highest BCUT2D eigenvalue weighted by Gasteiger charge is 2.28. The number of nitrogens with zero attached hydrogens (tertiary/aromatic N) is 1. The Labute approximate surface area is 77.9 Å². The summed E-state index contributed by atoms with van der Waals surface area (Å²) in [5.74, 6) is 0.259. The first-order chi connectivity index (χ1) is 6.16. The van der Waals surface area contributed by atoms with Crippen LogP contribution in [0.2, 0.25) is 0 Å². The van der Waals surface area contributed by atoms with Gasteiger partial charge in [-0.05, 0) is 13.3 Å². The van der Waals surface area contributed by atoms with Gasteiger partial charge in [0.25, 0.3) is 0 Å². The maximum atomic E-state index is 8.30. The van der Waals surface area contributed by atoms with Crippen LogP contribution in [0.15, 0.2) is 5.16 Å². The fraction of sp³-hybridized carbons (Fsp3) is 0.875. The van der Waals surface area contributed by atoms with Crippen molar-refractivity contribution in [1.29, 1.82) is 0 Å². The Morgan fingerprint density at radius 3 is 3.08 bits per heavy atom. The Balaban J connectivity index is 2.18. The van der Waals surface area contributed by atoms with Crippen LogP contribution in [0.25, 0.3) is 0 Å². The van der Waals surface area contributed by atoms with Gasteiger partial charge in [0.15, 0.2) is 0 Å². The molecule has 1 rings (SSSR count). The zero-order valence-corrected chi connectivity index (χ0v) is 7.92. The molecule has 1 saturated heterocycles. The molecule has 76 valence electrons. The van der Waals surface area contributed by atoms with Crippen LogP contribution in [-0.4, -0.2) is 36.3 Å². The molecule has 0 aliphatic carbocycles. The van der Waals surface area contributed by atoms with Crippen LogP contribution in [0.1, 0.15) is 19.8 Å². The number of nitrogens with one attached hydrogen (secondary N) is 1. The van der Waals surface area contributed by atoms with E-state index in [0.717, 1.165) is 26.2 Å². The average Bonchev–Trinajstić information content (AvgIpc) is 2.52. The lowest BCUT2D eigenvalue weighted by atomic mass is 10.0. The minimum atomic E-state index is 0.0652. The highest BCUT2D eigenvalue weighted by atomic mass is 16.5. The van der Waals surface area contributed by atoms with Gasteiger partial charge in [-0.25, -0.2) is 0 Å². The van der Waals surface area contributed by atoms with Crippen molar-refractivity contribution in [1.82, 2.24) is 5.32 Å². The molecule has 0 spiro atoms. The molecule has 5 heteroatoms. The quantitative estimate of drug-likeness (QED) is 0.248. The Morgan fingerprint density at radius 1 is 1.77 bits per heavy atom. The lowest BCUT2D eigenvalue weighted by Crippen LogP contribution is -2.44. The van der Waals surface area contributed by atoms with E-state index in [9.17, 15) is 0 Å². The van der Waals surface area contributed by atoms with Gasteiger partial charge in [-0.15, -0.1) is 0 Å². The number of hydrogen-bond donors (Lipinski definition) is 3. The summed E-state index contributed by atoms with van der Waals surface area (Å²) in [6, 6.07) is 0. The molecule has 1 fully saturated rings. The highest BCUT2D eigenvalue weighted by molar-refractivity contribution is 5.79. The summed E-state index contributed by atoms with van der Waals surface area (Å²) in [5.41, 5.74) is 5.39. The number of oxime groups is 1. The van der Waals surface area contributed by atoms with Gasteiger partial charge in [-0.1, -0.05) is 5.16 Å². The molecule has 1 heterocycles. The van der Waals surface area contributed by atoms with E-state index in [2.05, 4.69) is 17.4 Å². The fourth-order valence-corrected chi connectivity index (χ4v) is 1.35. The third-order valence-electron chi connectivity index (χ3n) is 2.28. The molecule has 5 nitrogen and oxygen atoms in total. The zero-order chi connectivity index (χ0) is 9.73. The molecule has 1 unspecified atom stereocenters. The summed E-state index contributed by atoms with van der Waals surface area (Å²) in [4.78, 5) is 0. The molecular weight excluding hydrogens is 170 g/mol. The Morgan fingerprint density at radius 2 is 2.54 bits per heavy atom. The second-order valence-corrected chi connectivity index (χ2v) is 3.63. The summed E-state index contributed by atoms with van der Waals surface area (Å²) in [6.07, 6.45) is 1.58. The number of nitrogens with two attached hydrogens (primary N) is 1. The molecule has 0 saturated carbocycles. The zero-order valence-electron chi connectivity index (χ0n) is 7.92. The van der Waals surface area contributed by atoms with E-state index in [1.807, 2.05) is 0 Å². The lowest BCUT2D eigenvalue weighted by molar-refractivity contribution is 0.172. The van der Waals surface area contributed by atoms with Crippen molar-refractivity contribution in [2.45, 2.75) is 25.3 Å². The van der Waals surface area contributed by atoms with E-state index in [1.165, 1.54) is 0 Å². The van der Waals surface area contributed by atoms with Crippen molar-refractivity contribution >= 4 is 5.84 Å². The number of rotatable bonds is 4. The third kappa shape index (κ3) is 3.20. The Hall–Kier alpha value is -0.810. The van der Waals surface area contributed by atoms with Gasteiger partial charge in [0.2, 0.25) is 0 Å². The van der Waals surface area contributed by atoms with Crippen LogP contribution < -0.4 is 11.1 Å². The molecule has 0 bridgehead atoms. The average molecular weight is 187 g/mol. The molecule has 13 heavy (non-hydrogen) atoms. The first kappa shape index (κ1) is 10.3. The molecule has 0 aromatic rings. The Kier molecular flexibility index (Phi) is 3.50. The van der Waals surface area contributed by atoms with Gasteiger partial charge in [-0.2, -0.15) is 0 Å². The topological polar surface area (TPSA) is 79.9 Å². The van der Waals surface area contributed by atoms with Crippen molar-refractivity contribution in [3.8, 4) is 0 Å². The number of hydrogen-bond acceptors (Lipinski definition) is 4. The molecule has 1 aliphatic rings. The first-order valence-corrected chi connectivity index (χ1v) is 4.45. The summed E-state index contributed by atoms with van der Waals surface area (Å²) in [6.45, 7) is 4.39. The van der Waals surface area contributed by atoms with Crippen molar-refractivity contribution < 1.29 is 9.94 Å². The predicted octanol–water partition coefficient (Wildman–Crippen LogP) is -0.108. The standard InChI is InChI=1S/C8H17N3O2/c1-8(3-5-13-6-8)10-4-2-7(9)11-12/h10,12H,2-6H2,1H3,(H2,9,11). The molecule has 1 atom stereocenters. The van der Waals surface area contributed by atoms with E-state index in [0.29, 0.717) is 6.42 Å². The smallest absolute Gasteiger partial charge is 0.140 e. The SMILES string of the molecule is CC1(NCCC(N)=NO)CCOC1. The molecular formula is C8H17N3O2. The summed E-state index contributed by atoms with van der Waals surface area (Å²) in [5, 5.41) is 14.5. The van der Waals surface area contributed by atoms with Crippen LogP contribution in [0.5, 0.6) is 0 Å². The van der Waals surface area contributed by atoms with Gasteiger partial charge in [0, 0.05) is 25.1 Å². The van der Waals surface area contributed by atoms with Gasteiger partial charge in [-0.3, -0.25) is 0 Å². The predicted molar refractivity (Wildman–Crippen MR) is 49.9 cm³/mol. The summed E-state index contributed by atoms with van der Waals surface area (Å²) < 4.78 is 5.27. The second kappa shape index (κ2) is 4.43. The van der Waals surface area contributed by atoms with Gasteiger partial charge in [0.05, 0.1) is 6.61 Å². The normalized spacial score (nSPS) is 29.5. The molecule has 0 aromatic carbocycles. The third-order valence-corrected chi connectivity index (χ3v) is 2.28. The number of amidine groups is 1. The van der Waals surface area contributed by atoms with Crippen LogP contribution >= 0.6 is 0 Å². The maximum Gasteiger partial charge on any atom is 0.140 e. The van der Waals surface area contributed by atoms with E-state index < -0.39 is 0 Å². The molecule has 0 amide bonds. The van der Waals surface area contributed by atoms with Crippen molar-refractivity contribution in [3.05, 3.63) is 0 Å². The van der Waals surface area contributed by atoms with Gasteiger partial charge >= 0.3 is 0 Å². The van der Waals surface area contributed by atoms with E-state index >= 15 is 0 Å². The van der Waals surface area contributed by atoms with Crippen LogP contribution in [0.3, 0.4) is 0 Å². The van der Waals surface area contributed by atoms with Crippen molar-refractivity contribution in [2.24, 2.45) is 10.9 Å². The van der Waals surface area contributed by atoms with Gasteiger partial charge in [0.1, 0.15) is 5.84 Å². The first-order valence-electron chi connectivity index (χ1n) is 4.45. The largest absolute Gasteiger partial charge is 0.409 e. The monoisotopic (exact) mass is 187 g/mol. The van der Waals surface area contributed by atoms with E-state index in [1.54, 1.807) is 0 Å². The summed E-state index contributed by atoms with van der Waals surface area (Å²) in [7, 11) is 0. The van der Waals surface area contributed by atoms with Crippen LogP contribution in [-0.2, 0) is 4.74 Å². The Bertz CT molecular complexity index is 188. The molecule has 0 radical (unpaired) electrons. The van der Waals surface area contributed by atoms with Crippen LogP contribution in [0.4, 0.5) is 0 Å². The highest BCUT2D eigenvalue weighted by Crippen LogP contribution is 2.16. The van der Waals surface area contributed by atoms with E-state index in [4.69, 9.17) is 15.7 Å².